The minimum Gasteiger partial charge on any atom is -0.426 e. The molecule has 0 aliphatic heterocycles. The zero-order valence-corrected chi connectivity index (χ0v) is 14.0. The van der Waals surface area contributed by atoms with Crippen molar-refractivity contribution in [1.29, 1.82) is 0 Å². The second-order valence-corrected chi connectivity index (χ2v) is 5.58. The fraction of sp³-hybridized carbons (Fsp3) is 0.211. The van der Waals surface area contributed by atoms with E-state index < -0.39 is 29.2 Å². The number of ketones is 1. The van der Waals surface area contributed by atoms with Gasteiger partial charge in [-0.1, -0.05) is 42.5 Å². The molecular formula is C19H19NO5. The van der Waals surface area contributed by atoms with Crippen LogP contribution in [0, 0.1) is 5.92 Å². The number of hydrogen-bond acceptors (Lipinski definition) is 5. The van der Waals surface area contributed by atoms with Gasteiger partial charge in [-0.2, -0.15) is 0 Å². The van der Waals surface area contributed by atoms with E-state index in [4.69, 9.17) is 9.57 Å². The van der Waals surface area contributed by atoms with Crippen molar-refractivity contribution in [2.24, 2.45) is 5.92 Å². The summed E-state index contributed by atoms with van der Waals surface area (Å²) in [7, 11) is 0. The van der Waals surface area contributed by atoms with Gasteiger partial charge in [0.1, 0.15) is 11.7 Å². The number of hydrogen-bond donors (Lipinski definition) is 1. The van der Waals surface area contributed by atoms with Crippen LogP contribution in [0.1, 0.15) is 13.8 Å². The second kappa shape index (κ2) is 7.72. The lowest BCUT2D eigenvalue weighted by atomic mass is 9.79. The van der Waals surface area contributed by atoms with Crippen LogP contribution in [-0.2, 0) is 19.2 Å². The van der Waals surface area contributed by atoms with Crippen LogP contribution in [0.15, 0.2) is 66.8 Å². The van der Waals surface area contributed by atoms with Gasteiger partial charge in [0.15, 0.2) is 11.4 Å². The Morgan fingerprint density at radius 1 is 1.24 bits per heavy atom. The van der Waals surface area contributed by atoms with Crippen molar-refractivity contribution in [1.82, 2.24) is 5.48 Å². The van der Waals surface area contributed by atoms with E-state index in [1.807, 2.05) is 0 Å². The van der Waals surface area contributed by atoms with Crippen LogP contribution < -0.4 is 10.2 Å². The maximum Gasteiger partial charge on any atom is 0.322 e. The average Bonchev–Trinajstić information content (AvgIpc) is 2.60. The topological polar surface area (TPSA) is 81.7 Å². The van der Waals surface area contributed by atoms with Crippen LogP contribution in [0.25, 0.3) is 0 Å². The van der Waals surface area contributed by atoms with Crippen LogP contribution in [0.3, 0.4) is 0 Å². The molecule has 2 atom stereocenters. The van der Waals surface area contributed by atoms with Crippen LogP contribution in [-0.4, -0.2) is 23.3 Å². The first-order valence-electron chi connectivity index (χ1n) is 7.65. The van der Waals surface area contributed by atoms with Crippen molar-refractivity contribution in [3.8, 4) is 5.75 Å². The predicted molar refractivity (Wildman–Crippen MR) is 91.3 cm³/mol. The third-order valence-corrected chi connectivity index (χ3v) is 3.73. The number of hydroxylamine groups is 1. The maximum atomic E-state index is 12.6. The van der Waals surface area contributed by atoms with E-state index >= 15 is 0 Å². The number of carbonyl (C=O) groups excluding carboxylic acids is 3. The van der Waals surface area contributed by atoms with Gasteiger partial charge in [-0.15, -0.1) is 0 Å². The molecule has 0 heterocycles. The molecular weight excluding hydrogens is 322 g/mol. The Labute approximate surface area is 145 Å². The Morgan fingerprint density at radius 2 is 1.92 bits per heavy atom. The van der Waals surface area contributed by atoms with Crippen molar-refractivity contribution in [2.45, 2.75) is 19.4 Å². The summed E-state index contributed by atoms with van der Waals surface area (Å²) in [6, 6.07) is 8.49. The van der Waals surface area contributed by atoms with Crippen molar-refractivity contribution in [2.75, 3.05) is 0 Å². The number of ether oxygens (including phenoxy) is 1. The predicted octanol–water partition coefficient (Wildman–Crippen LogP) is 2.29. The zero-order chi connectivity index (χ0) is 18.4. The highest BCUT2D eigenvalue weighted by Gasteiger charge is 2.49. The molecule has 2 unspecified atom stereocenters. The monoisotopic (exact) mass is 341 g/mol. The number of esters is 1. The van der Waals surface area contributed by atoms with Gasteiger partial charge < -0.3 is 4.74 Å². The van der Waals surface area contributed by atoms with Crippen molar-refractivity contribution >= 4 is 17.7 Å². The smallest absolute Gasteiger partial charge is 0.322 e. The second-order valence-electron chi connectivity index (χ2n) is 5.58. The standard InChI is InChI=1S/C19H19NO5/c1-4-17(22)20-25-19(14(3)21)12-13(2)10-11-16(19)18(23)24-15-8-6-5-7-9-15/h4-12,16H,1H2,2-3H3,(H,20,22). The molecule has 0 aromatic heterocycles. The fourth-order valence-electron chi connectivity index (χ4n) is 2.45. The van der Waals surface area contributed by atoms with Gasteiger partial charge in [-0.3, -0.25) is 19.2 Å². The molecule has 6 heteroatoms. The summed E-state index contributed by atoms with van der Waals surface area (Å²) in [5, 5.41) is 0. The molecule has 6 nitrogen and oxygen atoms in total. The van der Waals surface area contributed by atoms with Crippen LogP contribution in [0.2, 0.25) is 0 Å². The Bertz CT molecular complexity index is 750. The number of benzene rings is 1. The lowest BCUT2D eigenvalue weighted by Gasteiger charge is -2.34. The van der Waals surface area contributed by atoms with Gasteiger partial charge in [0, 0.05) is 0 Å². The van der Waals surface area contributed by atoms with E-state index in [1.165, 1.54) is 19.1 Å². The van der Waals surface area contributed by atoms with E-state index in [-0.39, 0.29) is 0 Å². The number of rotatable bonds is 6. The lowest BCUT2D eigenvalue weighted by molar-refractivity contribution is -0.169. The molecule has 130 valence electrons. The summed E-state index contributed by atoms with van der Waals surface area (Å²) in [5.74, 6) is -2.46. The maximum absolute atomic E-state index is 12.6. The number of amides is 1. The summed E-state index contributed by atoms with van der Waals surface area (Å²) in [4.78, 5) is 41.8. The minimum atomic E-state index is -1.69. The quantitative estimate of drug-likeness (QED) is 0.371. The fourth-order valence-corrected chi connectivity index (χ4v) is 2.45. The Morgan fingerprint density at radius 3 is 2.52 bits per heavy atom. The van der Waals surface area contributed by atoms with Crippen molar-refractivity contribution < 1.29 is 24.0 Å². The number of para-hydroxylation sites is 1. The van der Waals surface area contributed by atoms with E-state index in [0.29, 0.717) is 11.3 Å². The Hall–Kier alpha value is -2.99. The summed E-state index contributed by atoms with van der Waals surface area (Å²) in [6.45, 7) is 6.36. The Balaban J connectivity index is 2.33. The molecule has 1 N–H and O–H groups in total. The first kappa shape index (κ1) is 18.4. The molecule has 0 radical (unpaired) electrons. The van der Waals surface area contributed by atoms with Gasteiger partial charge in [-0.05, 0) is 38.1 Å². The SMILES string of the molecule is C=CC(=O)NOC1(C(C)=O)C=C(C)C=CC1C(=O)Oc1ccccc1. The lowest BCUT2D eigenvalue weighted by Crippen LogP contribution is -2.53. The van der Waals surface area contributed by atoms with Crippen LogP contribution in [0.5, 0.6) is 5.75 Å². The highest BCUT2D eigenvalue weighted by molar-refractivity contribution is 5.96. The zero-order valence-electron chi connectivity index (χ0n) is 14.0. The largest absolute Gasteiger partial charge is 0.426 e. The van der Waals surface area contributed by atoms with Crippen LogP contribution >= 0.6 is 0 Å². The molecule has 1 amide bonds. The molecule has 2 rings (SSSR count). The third kappa shape index (κ3) is 4.10. The van der Waals surface area contributed by atoms with Crippen LogP contribution in [0.4, 0.5) is 0 Å². The highest BCUT2D eigenvalue weighted by Crippen LogP contribution is 2.33. The molecule has 0 spiro atoms. The number of carbonyl (C=O) groups is 3. The van der Waals surface area contributed by atoms with Gasteiger partial charge in [0.25, 0.3) is 5.91 Å². The average molecular weight is 341 g/mol. The summed E-state index contributed by atoms with van der Waals surface area (Å²) in [5.41, 5.74) is 1.15. The number of Topliss-reactive ketones (excluding diaryl/α,β-unsaturated/α-hetero) is 1. The normalized spacial score (nSPS) is 21.8. The van der Waals surface area contributed by atoms with Gasteiger partial charge in [0.2, 0.25) is 0 Å². The summed E-state index contributed by atoms with van der Waals surface area (Å²) >= 11 is 0. The summed E-state index contributed by atoms with van der Waals surface area (Å²) < 4.78 is 5.34. The highest BCUT2D eigenvalue weighted by atomic mass is 16.7. The molecule has 0 bridgehead atoms. The van der Waals surface area contributed by atoms with E-state index in [9.17, 15) is 14.4 Å². The Kier molecular flexibility index (Phi) is 5.67. The minimum absolute atomic E-state index is 0.347. The first-order chi connectivity index (χ1) is 11.9. The molecule has 1 aromatic rings. The molecule has 0 fully saturated rings. The molecule has 0 saturated carbocycles. The van der Waals surface area contributed by atoms with E-state index in [2.05, 4.69) is 12.1 Å². The first-order valence-corrected chi connectivity index (χ1v) is 7.65. The third-order valence-electron chi connectivity index (χ3n) is 3.73. The van der Waals surface area contributed by atoms with E-state index in [0.717, 1.165) is 6.08 Å². The van der Waals surface area contributed by atoms with Crippen molar-refractivity contribution in [3.63, 3.8) is 0 Å². The summed E-state index contributed by atoms with van der Waals surface area (Å²) in [6.07, 6.45) is 5.72. The van der Waals surface area contributed by atoms with Gasteiger partial charge >= 0.3 is 5.97 Å². The van der Waals surface area contributed by atoms with Gasteiger partial charge in [0.05, 0.1) is 0 Å². The number of allylic oxidation sites excluding steroid dienone is 2. The molecule has 25 heavy (non-hydrogen) atoms. The molecule has 0 saturated heterocycles. The molecule has 1 aliphatic rings. The van der Waals surface area contributed by atoms with Gasteiger partial charge in [-0.25, -0.2) is 5.48 Å². The molecule has 1 aliphatic carbocycles. The van der Waals surface area contributed by atoms with Crippen molar-refractivity contribution in [3.05, 3.63) is 66.8 Å². The number of nitrogens with one attached hydrogen (secondary N) is 1. The molecule has 1 aromatic carbocycles. The van der Waals surface area contributed by atoms with E-state index in [1.54, 1.807) is 43.3 Å².